The van der Waals surface area contributed by atoms with Crippen molar-refractivity contribution in [1.29, 1.82) is 0 Å². The molecule has 2 heterocycles. The Morgan fingerprint density at radius 1 is 1.18 bits per heavy atom. The number of aromatic nitrogens is 2. The predicted molar refractivity (Wildman–Crippen MR) is 85.8 cm³/mol. The largest absolute Gasteiger partial charge is 0.315 e. The second kappa shape index (κ2) is 6.58. The molecule has 0 amide bonds. The predicted octanol–water partition coefficient (Wildman–Crippen LogP) is 2.42. The van der Waals surface area contributed by atoms with E-state index in [1.54, 1.807) is 6.07 Å². The quantitative estimate of drug-likeness (QED) is 0.945. The fourth-order valence-corrected chi connectivity index (χ4v) is 3.06. The number of hydrogen-bond donors (Lipinski definition) is 1. The van der Waals surface area contributed by atoms with Crippen LogP contribution in [0.3, 0.4) is 0 Å². The van der Waals surface area contributed by atoms with E-state index >= 15 is 0 Å². The smallest absolute Gasteiger partial charge is 0.123 e. The average Bonchev–Trinajstić information content (AvgIpc) is 2.67. The van der Waals surface area contributed by atoms with Gasteiger partial charge in [-0.25, -0.2) is 9.07 Å². The Labute approximate surface area is 130 Å². The standard InChI is InChI=1S/C17H23FN4/c1-13-10-14(2)22(20-13)17-5-4-16(18)11-15(17)12-21-8-3-6-19-7-9-21/h4-5,10-11,19H,3,6-9,12H2,1-2H3. The summed E-state index contributed by atoms with van der Waals surface area (Å²) in [6.45, 7) is 8.85. The number of rotatable bonds is 3. The summed E-state index contributed by atoms with van der Waals surface area (Å²) in [7, 11) is 0. The summed E-state index contributed by atoms with van der Waals surface area (Å²) in [4.78, 5) is 2.38. The lowest BCUT2D eigenvalue weighted by Crippen LogP contribution is -2.28. The van der Waals surface area contributed by atoms with E-state index in [9.17, 15) is 4.39 Å². The van der Waals surface area contributed by atoms with Gasteiger partial charge in [0.15, 0.2) is 0 Å². The Morgan fingerprint density at radius 2 is 2.05 bits per heavy atom. The number of nitrogens with zero attached hydrogens (tertiary/aromatic N) is 3. The van der Waals surface area contributed by atoms with Gasteiger partial charge in [0.05, 0.1) is 11.4 Å². The summed E-state index contributed by atoms with van der Waals surface area (Å²) in [5, 5.41) is 7.95. The molecule has 0 aliphatic carbocycles. The summed E-state index contributed by atoms with van der Waals surface area (Å²) in [6, 6.07) is 7.03. The molecule has 3 rings (SSSR count). The summed E-state index contributed by atoms with van der Waals surface area (Å²) in [6.07, 6.45) is 1.13. The third-order valence-corrected chi connectivity index (χ3v) is 4.11. The monoisotopic (exact) mass is 302 g/mol. The molecule has 0 radical (unpaired) electrons. The van der Waals surface area contributed by atoms with E-state index in [-0.39, 0.29) is 5.82 Å². The molecule has 1 aliphatic rings. The number of benzene rings is 1. The Morgan fingerprint density at radius 3 is 2.82 bits per heavy atom. The highest BCUT2D eigenvalue weighted by molar-refractivity contribution is 5.42. The van der Waals surface area contributed by atoms with Crippen molar-refractivity contribution < 1.29 is 4.39 Å². The van der Waals surface area contributed by atoms with E-state index < -0.39 is 0 Å². The van der Waals surface area contributed by atoms with Gasteiger partial charge in [-0.1, -0.05) is 0 Å². The van der Waals surface area contributed by atoms with Crippen molar-refractivity contribution in [2.75, 3.05) is 26.2 Å². The fourth-order valence-electron chi connectivity index (χ4n) is 3.06. The van der Waals surface area contributed by atoms with Gasteiger partial charge in [0.2, 0.25) is 0 Å². The Hall–Kier alpha value is -1.72. The van der Waals surface area contributed by atoms with Gasteiger partial charge in [-0.2, -0.15) is 5.10 Å². The number of halogens is 1. The van der Waals surface area contributed by atoms with Gasteiger partial charge in [-0.3, -0.25) is 4.90 Å². The first-order chi connectivity index (χ1) is 10.6. The molecule has 1 saturated heterocycles. The number of aryl methyl sites for hydroxylation is 2. The van der Waals surface area contributed by atoms with Crippen molar-refractivity contribution in [2.24, 2.45) is 0 Å². The highest BCUT2D eigenvalue weighted by Gasteiger charge is 2.15. The third kappa shape index (κ3) is 3.36. The van der Waals surface area contributed by atoms with Crippen molar-refractivity contribution in [3.63, 3.8) is 0 Å². The molecular formula is C17H23FN4. The molecule has 0 saturated carbocycles. The van der Waals surface area contributed by atoms with Crippen LogP contribution >= 0.6 is 0 Å². The molecule has 22 heavy (non-hydrogen) atoms. The lowest BCUT2D eigenvalue weighted by atomic mass is 10.1. The molecule has 2 aromatic rings. The van der Waals surface area contributed by atoms with Crippen LogP contribution in [0.1, 0.15) is 23.4 Å². The van der Waals surface area contributed by atoms with Crippen molar-refractivity contribution >= 4 is 0 Å². The lowest BCUT2D eigenvalue weighted by molar-refractivity contribution is 0.283. The molecule has 118 valence electrons. The lowest BCUT2D eigenvalue weighted by Gasteiger charge is -2.21. The van der Waals surface area contributed by atoms with Crippen LogP contribution in [-0.4, -0.2) is 40.9 Å². The molecule has 1 aliphatic heterocycles. The summed E-state index contributed by atoms with van der Waals surface area (Å²) in [5.41, 5.74) is 4.02. The molecule has 0 bridgehead atoms. The first-order valence-corrected chi connectivity index (χ1v) is 7.88. The summed E-state index contributed by atoms with van der Waals surface area (Å²) in [5.74, 6) is -0.187. The van der Waals surface area contributed by atoms with Crippen LogP contribution in [0, 0.1) is 19.7 Å². The van der Waals surface area contributed by atoms with Crippen LogP contribution in [0.4, 0.5) is 4.39 Å². The van der Waals surface area contributed by atoms with Crippen molar-refractivity contribution in [3.05, 3.63) is 47.0 Å². The van der Waals surface area contributed by atoms with E-state index in [0.717, 1.165) is 61.8 Å². The second-order valence-corrected chi connectivity index (χ2v) is 5.99. The number of hydrogen-bond acceptors (Lipinski definition) is 3. The SMILES string of the molecule is Cc1cc(C)n(-c2ccc(F)cc2CN2CCCNCC2)n1. The van der Waals surface area contributed by atoms with Crippen LogP contribution in [-0.2, 0) is 6.54 Å². The van der Waals surface area contributed by atoms with Gasteiger partial charge in [0.25, 0.3) is 0 Å². The van der Waals surface area contributed by atoms with Gasteiger partial charge in [-0.15, -0.1) is 0 Å². The molecule has 1 N–H and O–H groups in total. The van der Waals surface area contributed by atoms with Gasteiger partial charge in [0.1, 0.15) is 5.82 Å². The van der Waals surface area contributed by atoms with E-state index in [0.29, 0.717) is 0 Å². The van der Waals surface area contributed by atoms with Gasteiger partial charge in [0, 0.05) is 25.3 Å². The molecule has 1 aromatic carbocycles. The van der Waals surface area contributed by atoms with E-state index in [2.05, 4.69) is 15.3 Å². The van der Waals surface area contributed by atoms with Crippen molar-refractivity contribution in [3.8, 4) is 5.69 Å². The fraction of sp³-hybridized carbons (Fsp3) is 0.471. The molecule has 1 aromatic heterocycles. The summed E-state index contributed by atoms with van der Waals surface area (Å²) < 4.78 is 15.7. The van der Waals surface area contributed by atoms with Gasteiger partial charge >= 0.3 is 0 Å². The van der Waals surface area contributed by atoms with E-state index in [1.165, 1.54) is 6.07 Å². The van der Waals surface area contributed by atoms with Crippen molar-refractivity contribution in [2.45, 2.75) is 26.8 Å². The zero-order valence-electron chi connectivity index (χ0n) is 13.3. The molecule has 1 fully saturated rings. The molecule has 5 heteroatoms. The second-order valence-electron chi connectivity index (χ2n) is 5.99. The van der Waals surface area contributed by atoms with Crippen LogP contribution in [0.15, 0.2) is 24.3 Å². The minimum absolute atomic E-state index is 0.187. The minimum atomic E-state index is -0.187. The Kier molecular flexibility index (Phi) is 4.55. The van der Waals surface area contributed by atoms with Crippen LogP contribution in [0.5, 0.6) is 0 Å². The normalized spacial score (nSPS) is 16.7. The van der Waals surface area contributed by atoms with E-state index in [1.807, 2.05) is 30.7 Å². The van der Waals surface area contributed by atoms with Crippen molar-refractivity contribution in [1.82, 2.24) is 20.0 Å². The average molecular weight is 302 g/mol. The first kappa shape index (κ1) is 15.2. The first-order valence-electron chi connectivity index (χ1n) is 7.88. The third-order valence-electron chi connectivity index (χ3n) is 4.11. The highest BCUT2D eigenvalue weighted by atomic mass is 19.1. The Bertz CT molecular complexity index is 642. The van der Waals surface area contributed by atoms with Gasteiger partial charge in [-0.05, 0) is 63.2 Å². The van der Waals surface area contributed by atoms with Crippen LogP contribution < -0.4 is 5.32 Å². The zero-order valence-corrected chi connectivity index (χ0v) is 13.3. The topological polar surface area (TPSA) is 33.1 Å². The molecule has 0 unspecified atom stereocenters. The van der Waals surface area contributed by atoms with Gasteiger partial charge < -0.3 is 5.32 Å². The zero-order chi connectivity index (χ0) is 15.5. The van der Waals surface area contributed by atoms with E-state index in [4.69, 9.17) is 0 Å². The summed E-state index contributed by atoms with van der Waals surface area (Å²) >= 11 is 0. The number of nitrogens with one attached hydrogen (secondary N) is 1. The highest BCUT2D eigenvalue weighted by Crippen LogP contribution is 2.20. The van der Waals surface area contributed by atoms with Crippen LogP contribution in [0.25, 0.3) is 5.69 Å². The maximum absolute atomic E-state index is 13.7. The minimum Gasteiger partial charge on any atom is -0.315 e. The molecule has 0 spiro atoms. The maximum atomic E-state index is 13.7. The maximum Gasteiger partial charge on any atom is 0.123 e. The Balaban J connectivity index is 1.92. The molecule has 4 nitrogen and oxygen atoms in total. The molecular weight excluding hydrogens is 279 g/mol. The molecule has 0 atom stereocenters. The van der Waals surface area contributed by atoms with Crippen LogP contribution in [0.2, 0.25) is 0 Å².